The van der Waals surface area contributed by atoms with Gasteiger partial charge < -0.3 is 34.2 Å². The van der Waals surface area contributed by atoms with Crippen LogP contribution in [-0.2, 0) is 55.8 Å². The van der Waals surface area contributed by atoms with Gasteiger partial charge in [-0.15, -0.1) is 0 Å². The van der Waals surface area contributed by atoms with Gasteiger partial charge in [0.2, 0.25) is 0 Å². The van der Waals surface area contributed by atoms with Crippen LogP contribution in [0.25, 0.3) is 0 Å². The summed E-state index contributed by atoms with van der Waals surface area (Å²) in [6.07, 6.45) is 87.7. The lowest BCUT2D eigenvalue weighted by molar-refractivity contribution is -0.161. The minimum Gasteiger partial charge on any atom is -0.463 e. The zero-order valence-electron chi connectivity index (χ0n) is 61.9. The van der Waals surface area contributed by atoms with Gasteiger partial charge in [-0.3, -0.25) is 32.5 Å². The van der Waals surface area contributed by atoms with Crippen molar-refractivity contribution >= 4 is 33.6 Å². The Morgan fingerprint density at radius 2 is 0.535 bits per heavy atom. The Hall–Kier alpha value is -4.31. The highest BCUT2D eigenvalue weighted by Gasteiger charge is 2.29. The number of rotatable bonds is 72. The molecule has 568 valence electrons. The van der Waals surface area contributed by atoms with Crippen LogP contribution >= 0.6 is 15.6 Å². The Labute approximate surface area is 601 Å². The number of hydrogen-bond acceptors (Lipinski definition) is 14. The number of phosphoric ester groups is 2. The highest BCUT2D eigenvalue weighted by Crippen LogP contribution is 2.45. The van der Waals surface area contributed by atoms with E-state index in [0.29, 0.717) is 19.3 Å². The first kappa shape index (κ1) is 94.7. The number of esters is 3. The van der Waals surface area contributed by atoms with Crippen molar-refractivity contribution in [2.24, 2.45) is 0 Å². The fraction of sp³-hybridized carbons (Fsp3) is 0.691. The van der Waals surface area contributed by atoms with Crippen LogP contribution in [0.1, 0.15) is 303 Å². The molecule has 0 aliphatic carbocycles. The first-order chi connectivity index (χ1) is 48.2. The number of aliphatic hydroxyl groups is 2. The highest BCUT2D eigenvalue weighted by atomic mass is 31.2. The summed E-state index contributed by atoms with van der Waals surface area (Å²) in [6.45, 7) is 2.41. The van der Waals surface area contributed by atoms with Crippen LogP contribution in [-0.4, -0.2) is 95.9 Å². The first-order valence-electron chi connectivity index (χ1n) is 38.5. The fourth-order valence-corrected chi connectivity index (χ4v) is 11.6. The summed E-state index contributed by atoms with van der Waals surface area (Å²) in [5.74, 6) is -1.60. The molecule has 4 N–H and O–H groups in total. The molecule has 5 unspecified atom stereocenters. The summed E-state index contributed by atoms with van der Waals surface area (Å²) in [5.41, 5.74) is 0. The van der Waals surface area contributed by atoms with Crippen LogP contribution in [0.5, 0.6) is 0 Å². The van der Waals surface area contributed by atoms with Crippen LogP contribution < -0.4 is 0 Å². The average Bonchev–Trinajstić information content (AvgIpc) is 2.62. The Bertz CT molecular complexity index is 2330. The predicted octanol–water partition coefficient (Wildman–Crippen LogP) is 22.3. The monoisotopic (exact) mass is 1430 g/mol. The molecule has 0 aromatic rings. The lowest BCUT2D eigenvalue weighted by Gasteiger charge is -2.21. The zero-order chi connectivity index (χ0) is 72.3. The molecule has 5 atom stereocenters. The molecule has 0 aromatic carbocycles. The van der Waals surface area contributed by atoms with E-state index in [9.17, 15) is 43.5 Å². The molecule has 0 rings (SSSR count). The second-order valence-corrected chi connectivity index (χ2v) is 28.3. The standard InChI is InChI=1S/C81H138O16P2/c1-4-7-10-13-16-19-22-25-28-31-33-34-35-36-37-38-39-40-42-45-46-49-52-55-58-61-64-67-79(84)91-70-76(82)71-93-98(87,88)94-72-77(83)73-95-99(89,90)96-75-78(97-81(86)69-66-63-60-57-54-51-48-43-30-27-24-21-18-15-12-9-6-3)74-92-80(85)68-65-62-59-56-53-50-47-44-41-32-29-26-23-20-17-14-11-8-5-2/h7,9-10,12,16-21,25-30,33-34,36-37,41,44,76-78,82-83H,4-6,8,11,13-15,22-24,31-32,35,38-40,42-43,45-75H2,1-3H3,(H,87,88)(H,89,90)/b10-7-,12-9-,19-16-,20-17-,21-18-,28-25-,29-26-,30-27-,34-33-,37-36-,44-41-. The van der Waals surface area contributed by atoms with Gasteiger partial charge in [0.1, 0.15) is 25.4 Å². The van der Waals surface area contributed by atoms with Gasteiger partial charge in [0.05, 0.1) is 26.4 Å². The third kappa shape index (κ3) is 74.7. The smallest absolute Gasteiger partial charge is 0.463 e. The number of allylic oxidation sites excluding steroid dienone is 22. The number of unbranched alkanes of at least 4 members (excludes halogenated alkanes) is 27. The van der Waals surface area contributed by atoms with Crippen LogP contribution in [0.3, 0.4) is 0 Å². The van der Waals surface area contributed by atoms with Crippen LogP contribution in [0.4, 0.5) is 0 Å². The fourth-order valence-electron chi connectivity index (χ4n) is 10.0. The first-order valence-corrected chi connectivity index (χ1v) is 41.5. The molecule has 0 bridgehead atoms. The Balaban J connectivity index is 4.60. The third-order valence-electron chi connectivity index (χ3n) is 15.8. The molecule has 18 heteroatoms. The van der Waals surface area contributed by atoms with Crippen molar-refractivity contribution in [3.63, 3.8) is 0 Å². The van der Waals surface area contributed by atoms with Crippen molar-refractivity contribution in [1.82, 2.24) is 0 Å². The molecule has 0 aliphatic heterocycles. The molecule has 0 aliphatic rings. The van der Waals surface area contributed by atoms with Crippen molar-refractivity contribution in [3.8, 4) is 0 Å². The van der Waals surface area contributed by atoms with Gasteiger partial charge in [-0.2, -0.15) is 0 Å². The van der Waals surface area contributed by atoms with E-state index >= 15 is 0 Å². The van der Waals surface area contributed by atoms with Crippen molar-refractivity contribution in [2.75, 3.05) is 39.6 Å². The topological polar surface area (TPSA) is 231 Å². The van der Waals surface area contributed by atoms with Crippen LogP contribution in [0.15, 0.2) is 134 Å². The SMILES string of the molecule is CC/C=C\C/C=C\C/C=C\C/C=C\C/C=C\CCCCCCCCCCCCCC(=O)OCC(O)COP(=O)(O)OCC(O)COP(=O)(O)OCC(COC(=O)CCCCCCCC/C=C\C/C=C\C/C=C\CCCCC)OC(=O)CCCCCCCCC/C=C\C/C=C\C/C=C\CC. The largest absolute Gasteiger partial charge is 0.472 e. The summed E-state index contributed by atoms with van der Waals surface area (Å²) < 4.78 is 61.1. The van der Waals surface area contributed by atoms with Gasteiger partial charge in [0.25, 0.3) is 0 Å². The number of aliphatic hydroxyl groups excluding tert-OH is 2. The molecule has 0 heterocycles. The van der Waals surface area contributed by atoms with Crippen molar-refractivity contribution in [2.45, 2.75) is 322 Å². The van der Waals surface area contributed by atoms with Gasteiger partial charge >= 0.3 is 33.6 Å². The summed E-state index contributed by atoms with van der Waals surface area (Å²) in [5, 5.41) is 20.6. The molecule has 99 heavy (non-hydrogen) atoms. The quantitative estimate of drug-likeness (QED) is 0.0146. The molecule has 0 fully saturated rings. The maximum atomic E-state index is 13.0. The molecule has 0 radical (unpaired) electrons. The van der Waals surface area contributed by atoms with Gasteiger partial charge in [0.15, 0.2) is 6.10 Å². The Morgan fingerprint density at radius 1 is 0.293 bits per heavy atom. The summed E-state index contributed by atoms with van der Waals surface area (Å²) in [4.78, 5) is 58.6. The van der Waals surface area contributed by atoms with E-state index in [0.717, 1.165) is 180 Å². The van der Waals surface area contributed by atoms with E-state index in [1.165, 1.54) is 64.2 Å². The van der Waals surface area contributed by atoms with Crippen molar-refractivity contribution in [1.29, 1.82) is 0 Å². The lowest BCUT2D eigenvalue weighted by atomic mass is 10.0. The van der Waals surface area contributed by atoms with E-state index < -0.39 is 91.5 Å². The molecular weight excluding hydrogens is 1290 g/mol. The van der Waals surface area contributed by atoms with E-state index in [-0.39, 0.29) is 19.3 Å². The normalized spacial score (nSPS) is 14.8. The molecule has 0 spiro atoms. The van der Waals surface area contributed by atoms with E-state index in [1.807, 2.05) is 0 Å². The highest BCUT2D eigenvalue weighted by molar-refractivity contribution is 7.47. The van der Waals surface area contributed by atoms with Gasteiger partial charge in [0, 0.05) is 19.3 Å². The second kappa shape index (κ2) is 73.4. The summed E-state index contributed by atoms with van der Waals surface area (Å²) in [6, 6.07) is 0. The number of carbonyl (C=O) groups is 3. The number of ether oxygens (including phenoxy) is 3. The number of hydrogen-bond donors (Lipinski definition) is 4. The zero-order valence-corrected chi connectivity index (χ0v) is 63.7. The average molecular weight is 1430 g/mol. The van der Waals surface area contributed by atoms with E-state index in [1.54, 1.807) is 0 Å². The predicted molar refractivity (Wildman–Crippen MR) is 408 cm³/mol. The summed E-state index contributed by atoms with van der Waals surface area (Å²) in [7, 11) is -9.80. The minimum absolute atomic E-state index is 0.0876. The number of carbonyl (C=O) groups excluding carboxylic acids is 3. The molecule has 0 amide bonds. The summed E-state index contributed by atoms with van der Waals surface area (Å²) >= 11 is 0. The van der Waals surface area contributed by atoms with E-state index in [4.69, 9.17) is 32.3 Å². The molecule has 16 nitrogen and oxygen atoms in total. The molecular formula is C81H138O16P2. The van der Waals surface area contributed by atoms with Gasteiger partial charge in [-0.05, 0) is 135 Å². The lowest BCUT2D eigenvalue weighted by Crippen LogP contribution is -2.30. The molecule has 0 aromatic heterocycles. The van der Waals surface area contributed by atoms with Crippen LogP contribution in [0, 0.1) is 0 Å². The van der Waals surface area contributed by atoms with E-state index in [2.05, 4.69) is 154 Å². The second-order valence-electron chi connectivity index (χ2n) is 25.4. The molecule has 0 saturated carbocycles. The van der Waals surface area contributed by atoms with Crippen LogP contribution in [0.2, 0.25) is 0 Å². The molecule has 0 saturated heterocycles. The third-order valence-corrected chi connectivity index (χ3v) is 17.7. The maximum Gasteiger partial charge on any atom is 0.472 e. The minimum atomic E-state index is -4.94. The van der Waals surface area contributed by atoms with Gasteiger partial charge in [-0.25, -0.2) is 9.13 Å². The van der Waals surface area contributed by atoms with Crippen molar-refractivity contribution in [3.05, 3.63) is 134 Å². The maximum absolute atomic E-state index is 13.0. The Kier molecular flexibility index (Phi) is 70.2. The van der Waals surface area contributed by atoms with Crippen molar-refractivity contribution < 1.29 is 75.8 Å². The number of phosphoric acid groups is 2. The Morgan fingerprint density at radius 3 is 0.848 bits per heavy atom. The van der Waals surface area contributed by atoms with Gasteiger partial charge in [-0.1, -0.05) is 283 Å².